The summed E-state index contributed by atoms with van der Waals surface area (Å²) in [7, 11) is 3.30. The molecular formula is C13H18O2. The van der Waals surface area contributed by atoms with Crippen LogP contribution in [0.1, 0.15) is 25.8 Å². The van der Waals surface area contributed by atoms with Crippen LogP contribution in [0.4, 0.5) is 0 Å². The van der Waals surface area contributed by atoms with Crippen LogP contribution in [0.2, 0.25) is 0 Å². The summed E-state index contributed by atoms with van der Waals surface area (Å²) in [5, 5.41) is 0. The van der Waals surface area contributed by atoms with Gasteiger partial charge in [0.1, 0.15) is 0 Å². The standard InChI is InChI=1S/C13H18O2/c1-5-10(6-2)11-7-8-12(14-3)13(9-11)15-4/h5,7-9H,6H2,1-4H3/b10-5-. The zero-order chi connectivity index (χ0) is 11.3. The van der Waals surface area contributed by atoms with E-state index in [2.05, 4.69) is 26.0 Å². The predicted molar refractivity (Wildman–Crippen MR) is 63.5 cm³/mol. The van der Waals surface area contributed by atoms with Crippen LogP contribution in [0, 0.1) is 0 Å². The molecule has 0 aliphatic carbocycles. The predicted octanol–water partition coefficient (Wildman–Crippen LogP) is 3.52. The minimum Gasteiger partial charge on any atom is -0.493 e. The average molecular weight is 206 g/mol. The molecule has 0 aliphatic heterocycles. The topological polar surface area (TPSA) is 18.5 Å². The lowest BCUT2D eigenvalue weighted by Gasteiger charge is -2.10. The van der Waals surface area contributed by atoms with Crippen LogP contribution in [0.25, 0.3) is 5.57 Å². The van der Waals surface area contributed by atoms with Gasteiger partial charge in [0.15, 0.2) is 11.5 Å². The molecule has 0 radical (unpaired) electrons. The highest BCUT2D eigenvalue weighted by Gasteiger charge is 2.05. The first-order valence-electron chi connectivity index (χ1n) is 5.14. The molecule has 0 aliphatic rings. The van der Waals surface area contributed by atoms with Gasteiger partial charge < -0.3 is 9.47 Å². The summed E-state index contributed by atoms with van der Waals surface area (Å²) in [6, 6.07) is 6.01. The smallest absolute Gasteiger partial charge is 0.161 e. The maximum absolute atomic E-state index is 5.26. The Morgan fingerprint density at radius 3 is 2.33 bits per heavy atom. The summed E-state index contributed by atoms with van der Waals surface area (Å²) in [6.45, 7) is 4.20. The van der Waals surface area contributed by atoms with Crippen LogP contribution >= 0.6 is 0 Å². The first-order valence-corrected chi connectivity index (χ1v) is 5.14. The molecule has 1 aromatic rings. The van der Waals surface area contributed by atoms with Crippen LogP contribution in [-0.2, 0) is 0 Å². The number of methoxy groups -OCH3 is 2. The molecule has 0 spiro atoms. The number of benzene rings is 1. The molecule has 2 nitrogen and oxygen atoms in total. The zero-order valence-electron chi connectivity index (χ0n) is 9.83. The van der Waals surface area contributed by atoms with Gasteiger partial charge >= 0.3 is 0 Å². The van der Waals surface area contributed by atoms with Gasteiger partial charge in [-0.3, -0.25) is 0 Å². The third kappa shape index (κ3) is 2.52. The molecule has 0 heterocycles. The Morgan fingerprint density at radius 2 is 1.87 bits per heavy atom. The lowest BCUT2D eigenvalue weighted by atomic mass is 10.0. The third-order valence-electron chi connectivity index (χ3n) is 2.48. The number of rotatable bonds is 4. The summed E-state index contributed by atoms with van der Waals surface area (Å²) < 4.78 is 10.5. The van der Waals surface area contributed by atoms with E-state index in [0.717, 1.165) is 17.9 Å². The Kier molecular flexibility index (Phi) is 4.22. The molecule has 0 fully saturated rings. The second-order valence-electron chi connectivity index (χ2n) is 3.24. The monoisotopic (exact) mass is 206 g/mol. The maximum atomic E-state index is 5.26. The van der Waals surface area contributed by atoms with Crippen molar-refractivity contribution in [3.63, 3.8) is 0 Å². The van der Waals surface area contributed by atoms with Crippen molar-refractivity contribution in [2.24, 2.45) is 0 Å². The Morgan fingerprint density at radius 1 is 1.20 bits per heavy atom. The largest absolute Gasteiger partial charge is 0.493 e. The second-order valence-corrected chi connectivity index (χ2v) is 3.24. The van der Waals surface area contributed by atoms with Crippen LogP contribution < -0.4 is 9.47 Å². The van der Waals surface area contributed by atoms with Gasteiger partial charge in [0.05, 0.1) is 14.2 Å². The van der Waals surface area contributed by atoms with Crippen LogP contribution in [-0.4, -0.2) is 14.2 Å². The SMILES string of the molecule is C/C=C(/CC)c1ccc(OC)c(OC)c1. The summed E-state index contributed by atoms with van der Waals surface area (Å²) in [6.07, 6.45) is 3.15. The van der Waals surface area contributed by atoms with Crippen LogP contribution in [0.5, 0.6) is 11.5 Å². The Hall–Kier alpha value is -1.44. The van der Waals surface area contributed by atoms with Crippen LogP contribution in [0.15, 0.2) is 24.3 Å². The molecule has 0 aromatic heterocycles. The summed E-state index contributed by atoms with van der Waals surface area (Å²) >= 11 is 0. The Balaban J connectivity index is 3.13. The average Bonchev–Trinajstić information content (AvgIpc) is 2.30. The summed E-state index contributed by atoms with van der Waals surface area (Å²) in [5.74, 6) is 1.55. The molecule has 0 saturated carbocycles. The number of hydrogen-bond donors (Lipinski definition) is 0. The van der Waals surface area contributed by atoms with E-state index in [1.807, 2.05) is 12.1 Å². The second kappa shape index (κ2) is 5.44. The van der Waals surface area contributed by atoms with Crippen molar-refractivity contribution >= 4 is 5.57 Å². The van der Waals surface area contributed by atoms with E-state index in [0.29, 0.717) is 0 Å². The quantitative estimate of drug-likeness (QED) is 0.750. The molecule has 0 N–H and O–H groups in total. The lowest BCUT2D eigenvalue weighted by Crippen LogP contribution is -1.92. The van der Waals surface area contributed by atoms with E-state index < -0.39 is 0 Å². The fourth-order valence-electron chi connectivity index (χ4n) is 1.61. The first kappa shape index (κ1) is 11.6. The van der Waals surface area contributed by atoms with Crippen molar-refractivity contribution < 1.29 is 9.47 Å². The first-order chi connectivity index (χ1) is 7.26. The van der Waals surface area contributed by atoms with Crippen LogP contribution in [0.3, 0.4) is 0 Å². The normalized spacial score (nSPS) is 11.3. The molecule has 0 unspecified atom stereocenters. The number of allylic oxidation sites excluding steroid dienone is 2. The van der Waals surface area contributed by atoms with E-state index in [4.69, 9.17) is 9.47 Å². The van der Waals surface area contributed by atoms with Gasteiger partial charge in [-0.1, -0.05) is 19.1 Å². The van der Waals surface area contributed by atoms with Crippen molar-refractivity contribution in [3.05, 3.63) is 29.8 Å². The highest BCUT2D eigenvalue weighted by atomic mass is 16.5. The zero-order valence-corrected chi connectivity index (χ0v) is 9.83. The van der Waals surface area contributed by atoms with Gasteiger partial charge in [0, 0.05) is 0 Å². The lowest BCUT2D eigenvalue weighted by molar-refractivity contribution is 0.355. The van der Waals surface area contributed by atoms with Gasteiger partial charge in [-0.15, -0.1) is 0 Å². The van der Waals surface area contributed by atoms with E-state index in [1.165, 1.54) is 11.1 Å². The van der Waals surface area contributed by atoms with Gasteiger partial charge in [-0.2, -0.15) is 0 Å². The fraction of sp³-hybridized carbons (Fsp3) is 0.385. The van der Waals surface area contributed by atoms with Crippen molar-refractivity contribution in [2.45, 2.75) is 20.3 Å². The van der Waals surface area contributed by atoms with Gasteiger partial charge in [-0.05, 0) is 36.6 Å². The maximum Gasteiger partial charge on any atom is 0.161 e. The van der Waals surface area contributed by atoms with Gasteiger partial charge in [-0.25, -0.2) is 0 Å². The van der Waals surface area contributed by atoms with E-state index in [9.17, 15) is 0 Å². The highest BCUT2D eigenvalue weighted by molar-refractivity contribution is 5.67. The number of ether oxygens (including phenoxy) is 2. The summed E-state index contributed by atoms with van der Waals surface area (Å²) in [4.78, 5) is 0. The molecule has 15 heavy (non-hydrogen) atoms. The minimum absolute atomic E-state index is 0.771. The molecule has 82 valence electrons. The molecular weight excluding hydrogens is 188 g/mol. The Labute approximate surface area is 91.5 Å². The van der Waals surface area contributed by atoms with Crippen molar-refractivity contribution in [1.29, 1.82) is 0 Å². The third-order valence-corrected chi connectivity index (χ3v) is 2.48. The van der Waals surface area contributed by atoms with E-state index in [1.54, 1.807) is 14.2 Å². The number of hydrogen-bond acceptors (Lipinski definition) is 2. The molecule has 1 aromatic carbocycles. The highest BCUT2D eigenvalue weighted by Crippen LogP contribution is 2.31. The van der Waals surface area contributed by atoms with E-state index >= 15 is 0 Å². The fourth-order valence-corrected chi connectivity index (χ4v) is 1.61. The van der Waals surface area contributed by atoms with E-state index in [-0.39, 0.29) is 0 Å². The molecule has 2 heteroatoms. The molecule has 1 rings (SSSR count). The van der Waals surface area contributed by atoms with Crippen molar-refractivity contribution in [1.82, 2.24) is 0 Å². The molecule has 0 amide bonds. The summed E-state index contributed by atoms with van der Waals surface area (Å²) in [5.41, 5.74) is 2.51. The van der Waals surface area contributed by atoms with Crippen molar-refractivity contribution in [2.75, 3.05) is 14.2 Å². The molecule has 0 saturated heterocycles. The van der Waals surface area contributed by atoms with Gasteiger partial charge in [0.2, 0.25) is 0 Å². The minimum atomic E-state index is 0.771. The molecule has 0 bridgehead atoms. The molecule has 0 atom stereocenters. The van der Waals surface area contributed by atoms with Crippen molar-refractivity contribution in [3.8, 4) is 11.5 Å². The Bertz CT molecular complexity index is 354. The van der Waals surface area contributed by atoms with Gasteiger partial charge in [0.25, 0.3) is 0 Å².